The van der Waals surface area contributed by atoms with E-state index in [1.54, 1.807) is 20.8 Å². The molecule has 4 nitrogen and oxygen atoms in total. The lowest BCUT2D eigenvalue weighted by molar-refractivity contribution is -0.138. The Morgan fingerprint density at radius 2 is 1.67 bits per heavy atom. The van der Waals surface area contributed by atoms with Crippen LogP contribution < -0.4 is 10.4 Å². The number of carboxylic acid groups (broad SMARTS) is 1. The fraction of sp³-hybridized carbons (Fsp3) is 0.357. The third kappa shape index (κ3) is 2.18. The zero-order valence-electron chi connectivity index (χ0n) is 10.9. The molecular formula is C14H18O4. The molecule has 98 valence electrons. The van der Waals surface area contributed by atoms with Gasteiger partial charge in [0, 0.05) is 27.0 Å². The molecule has 3 N–H and O–H groups in total. The minimum absolute atomic E-state index is 0.0498. The first kappa shape index (κ1) is 14.1. The third-order valence-corrected chi connectivity index (χ3v) is 3.19. The highest BCUT2D eigenvalue weighted by atomic mass is 16.4. The Morgan fingerprint density at radius 3 is 2.11 bits per heavy atom. The second-order valence-corrected chi connectivity index (χ2v) is 5.11. The fourth-order valence-corrected chi connectivity index (χ4v) is 2.15. The molecule has 4 heteroatoms. The minimum atomic E-state index is -0.982. The molecule has 1 aromatic rings. The lowest BCUT2D eigenvalue weighted by atomic mass is 9.79. The van der Waals surface area contributed by atoms with E-state index in [0.29, 0.717) is 16.3 Å². The molecule has 18 heavy (non-hydrogen) atoms. The predicted octanol–water partition coefficient (Wildman–Crippen LogP) is 0.979. The summed E-state index contributed by atoms with van der Waals surface area (Å²) < 4.78 is 0. The summed E-state index contributed by atoms with van der Waals surface area (Å²) in [6.07, 6.45) is -0.176. The standard InChI is InChI=1S/C14H18O4/c1-7-8(2)13(18)11(9(3)12(7)17)14(4,5)6-10(15)16/h17-18H,2-3,6H2,1,4-5H3,(H,15,16). The second kappa shape index (κ2) is 4.37. The predicted molar refractivity (Wildman–Crippen MR) is 70.1 cm³/mol. The molecule has 0 aliphatic heterocycles. The maximum Gasteiger partial charge on any atom is 0.304 e. The van der Waals surface area contributed by atoms with Crippen molar-refractivity contribution in [3.63, 3.8) is 0 Å². The van der Waals surface area contributed by atoms with Crippen molar-refractivity contribution in [1.82, 2.24) is 0 Å². The van der Waals surface area contributed by atoms with Gasteiger partial charge in [-0.2, -0.15) is 0 Å². The van der Waals surface area contributed by atoms with Gasteiger partial charge in [-0.05, 0) is 6.92 Å². The maximum atomic E-state index is 10.9. The molecule has 0 saturated heterocycles. The van der Waals surface area contributed by atoms with E-state index in [-0.39, 0.29) is 23.1 Å². The molecule has 1 aromatic carbocycles. The Morgan fingerprint density at radius 1 is 1.17 bits per heavy atom. The molecule has 0 bridgehead atoms. The minimum Gasteiger partial charge on any atom is -0.507 e. The molecule has 0 spiro atoms. The Balaban J connectivity index is 3.66. The molecule has 0 saturated carbocycles. The van der Waals surface area contributed by atoms with Crippen molar-refractivity contribution in [3.8, 4) is 11.5 Å². The van der Waals surface area contributed by atoms with Crippen molar-refractivity contribution in [2.24, 2.45) is 0 Å². The van der Waals surface area contributed by atoms with Gasteiger partial charge in [0.15, 0.2) is 0 Å². The van der Waals surface area contributed by atoms with Crippen molar-refractivity contribution in [3.05, 3.63) is 21.6 Å². The van der Waals surface area contributed by atoms with Crippen molar-refractivity contribution < 1.29 is 20.1 Å². The highest BCUT2D eigenvalue weighted by Crippen LogP contribution is 2.31. The van der Waals surface area contributed by atoms with Crippen LogP contribution in [0, 0.1) is 6.92 Å². The lowest BCUT2D eigenvalue weighted by Gasteiger charge is -2.25. The zero-order chi connectivity index (χ0) is 14.2. The van der Waals surface area contributed by atoms with Crippen LogP contribution in [0.15, 0.2) is 0 Å². The average molecular weight is 250 g/mol. The highest BCUT2D eigenvalue weighted by molar-refractivity contribution is 5.69. The van der Waals surface area contributed by atoms with Gasteiger partial charge in [-0.15, -0.1) is 0 Å². The van der Waals surface area contributed by atoms with Crippen LogP contribution in [0.4, 0.5) is 0 Å². The van der Waals surface area contributed by atoms with E-state index in [4.69, 9.17) is 5.11 Å². The molecule has 0 aliphatic carbocycles. The highest BCUT2D eigenvalue weighted by Gasteiger charge is 2.29. The van der Waals surface area contributed by atoms with E-state index in [0.717, 1.165) is 0 Å². The number of benzene rings is 1. The Labute approximate surface area is 106 Å². The summed E-state index contributed by atoms with van der Waals surface area (Å²) in [5.41, 5.74) is -0.0599. The topological polar surface area (TPSA) is 77.8 Å². The first-order chi connectivity index (χ1) is 8.09. The molecule has 0 heterocycles. The van der Waals surface area contributed by atoms with E-state index < -0.39 is 11.4 Å². The normalized spacial score (nSPS) is 11.5. The number of carboxylic acids is 1. The van der Waals surface area contributed by atoms with Gasteiger partial charge in [0.25, 0.3) is 0 Å². The SMILES string of the molecule is C=c1c(C)c(O)c(=C)c(C(C)(C)CC(=O)O)c1O. The Bertz CT molecular complexity index is 599. The van der Waals surface area contributed by atoms with Gasteiger partial charge in [-0.25, -0.2) is 0 Å². The van der Waals surface area contributed by atoms with Crippen LogP contribution in [0.2, 0.25) is 0 Å². The van der Waals surface area contributed by atoms with E-state index in [2.05, 4.69) is 13.2 Å². The van der Waals surface area contributed by atoms with Gasteiger partial charge in [-0.1, -0.05) is 27.0 Å². The van der Waals surface area contributed by atoms with Gasteiger partial charge in [0.1, 0.15) is 11.5 Å². The maximum absolute atomic E-state index is 10.9. The number of hydrogen-bond acceptors (Lipinski definition) is 3. The molecule has 0 unspecified atom stereocenters. The molecule has 0 radical (unpaired) electrons. The summed E-state index contributed by atoms with van der Waals surface area (Å²) in [5.74, 6) is -1.13. The first-order valence-electron chi connectivity index (χ1n) is 5.54. The largest absolute Gasteiger partial charge is 0.507 e. The molecular weight excluding hydrogens is 232 g/mol. The van der Waals surface area contributed by atoms with E-state index in [1.807, 2.05) is 0 Å². The van der Waals surface area contributed by atoms with Gasteiger partial charge in [-0.3, -0.25) is 4.79 Å². The molecule has 1 rings (SSSR count). The molecule has 0 aromatic heterocycles. The summed E-state index contributed by atoms with van der Waals surface area (Å²) in [6.45, 7) is 12.4. The van der Waals surface area contributed by atoms with Gasteiger partial charge in [0.2, 0.25) is 0 Å². The summed E-state index contributed by atoms with van der Waals surface area (Å²) in [6, 6.07) is 0. The molecule has 0 amide bonds. The van der Waals surface area contributed by atoms with Gasteiger partial charge in [0.05, 0.1) is 6.42 Å². The molecule has 0 aliphatic rings. The Kier molecular flexibility index (Phi) is 3.42. The van der Waals surface area contributed by atoms with Crippen LogP contribution in [0.1, 0.15) is 31.4 Å². The second-order valence-electron chi connectivity index (χ2n) is 5.11. The van der Waals surface area contributed by atoms with E-state index in [1.165, 1.54) is 0 Å². The van der Waals surface area contributed by atoms with Gasteiger partial charge >= 0.3 is 5.97 Å². The van der Waals surface area contributed by atoms with Crippen molar-refractivity contribution >= 4 is 19.1 Å². The van der Waals surface area contributed by atoms with Crippen LogP contribution in [0.3, 0.4) is 0 Å². The average Bonchev–Trinajstić information content (AvgIpc) is 2.21. The number of rotatable bonds is 3. The molecule has 0 atom stereocenters. The summed E-state index contributed by atoms with van der Waals surface area (Å²) in [5, 5.41) is 29.5. The number of phenolic OH excluding ortho intramolecular Hbond substituents is 2. The van der Waals surface area contributed by atoms with Crippen molar-refractivity contribution in [2.45, 2.75) is 32.6 Å². The fourth-order valence-electron chi connectivity index (χ4n) is 2.15. The van der Waals surface area contributed by atoms with Crippen LogP contribution in [0.5, 0.6) is 11.5 Å². The number of phenols is 2. The van der Waals surface area contributed by atoms with E-state index >= 15 is 0 Å². The van der Waals surface area contributed by atoms with Crippen LogP contribution in [0.25, 0.3) is 13.2 Å². The number of carbonyl (C=O) groups is 1. The summed E-state index contributed by atoms with van der Waals surface area (Å²) >= 11 is 0. The van der Waals surface area contributed by atoms with Crippen LogP contribution >= 0.6 is 0 Å². The summed E-state index contributed by atoms with van der Waals surface area (Å²) in [7, 11) is 0. The van der Waals surface area contributed by atoms with Crippen LogP contribution in [-0.4, -0.2) is 21.3 Å². The number of hydrogen-bond donors (Lipinski definition) is 3. The van der Waals surface area contributed by atoms with Crippen molar-refractivity contribution in [1.29, 1.82) is 0 Å². The Hall–Kier alpha value is -1.97. The van der Waals surface area contributed by atoms with Gasteiger partial charge < -0.3 is 15.3 Å². The quantitative estimate of drug-likeness (QED) is 0.699. The lowest BCUT2D eigenvalue weighted by Crippen LogP contribution is -2.31. The smallest absolute Gasteiger partial charge is 0.304 e. The zero-order valence-corrected chi connectivity index (χ0v) is 10.9. The molecule has 0 fully saturated rings. The first-order valence-corrected chi connectivity index (χ1v) is 5.54. The third-order valence-electron chi connectivity index (χ3n) is 3.19. The van der Waals surface area contributed by atoms with Crippen molar-refractivity contribution in [2.75, 3.05) is 0 Å². The summed E-state index contributed by atoms with van der Waals surface area (Å²) in [4.78, 5) is 10.9. The monoisotopic (exact) mass is 250 g/mol. The van der Waals surface area contributed by atoms with Crippen LogP contribution in [-0.2, 0) is 10.2 Å². The van der Waals surface area contributed by atoms with E-state index in [9.17, 15) is 15.0 Å². The number of aromatic hydroxyl groups is 2. The number of aliphatic carboxylic acids is 1.